The van der Waals surface area contributed by atoms with Gasteiger partial charge in [-0.1, -0.05) is 0 Å². The molecule has 0 aromatic rings. The van der Waals surface area contributed by atoms with Crippen molar-refractivity contribution >= 4 is 41.4 Å². The standard InChI is InChI=1S/C14H25N5O7S/c1-27-3-2-7(17-11(22)5-15)12(23)19-9(6-20)13(24)18-8(14(25)26)4-10(16)21/h7-9,20H,2-6,15H2,1H3,(H2,16,21)(H,17,22)(H,18,24)(H,19,23)(H,25,26). The number of aliphatic hydroxyl groups excluding tert-OH is 1. The summed E-state index contributed by atoms with van der Waals surface area (Å²) in [5.74, 6) is -4.27. The first-order chi connectivity index (χ1) is 12.7. The zero-order chi connectivity index (χ0) is 21.0. The maximum Gasteiger partial charge on any atom is 0.326 e. The van der Waals surface area contributed by atoms with E-state index in [0.29, 0.717) is 5.75 Å². The average Bonchev–Trinajstić information content (AvgIpc) is 2.61. The van der Waals surface area contributed by atoms with E-state index in [0.717, 1.165) is 0 Å². The van der Waals surface area contributed by atoms with E-state index >= 15 is 0 Å². The molecule has 0 radical (unpaired) electrons. The van der Waals surface area contributed by atoms with E-state index in [1.165, 1.54) is 11.8 Å². The summed E-state index contributed by atoms with van der Waals surface area (Å²) >= 11 is 1.43. The number of hydrogen-bond acceptors (Lipinski definition) is 8. The number of hydrogen-bond donors (Lipinski definition) is 7. The Morgan fingerprint density at radius 1 is 1.00 bits per heavy atom. The van der Waals surface area contributed by atoms with Crippen LogP contribution in [0.5, 0.6) is 0 Å². The predicted molar refractivity (Wildman–Crippen MR) is 96.4 cm³/mol. The number of thioether (sulfide) groups is 1. The summed E-state index contributed by atoms with van der Waals surface area (Å²) < 4.78 is 0. The molecule has 0 saturated carbocycles. The van der Waals surface area contributed by atoms with Gasteiger partial charge >= 0.3 is 5.97 Å². The first-order valence-corrected chi connectivity index (χ1v) is 9.26. The van der Waals surface area contributed by atoms with Crippen LogP contribution in [0.15, 0.2) is 0 Å². The number of primary amides is 1. The first kappa shape index (κ1) is 24.6. The van der Waals surface area contributed by atoms with Crippen LogP contribution in [-0.2, 0) is 24.0 Å². The van der Waals surface area contributed by atoms with E-state index in [1.807, 2.05) is 5.32 Å². The van der Waals surface area contributed by atoms with E-state index in [-0.39, 0.29) is 13.0 Å². The van der Waals surface area contributed by atoms with Crippen LogP contribution in [0.1, 0.15) is 12.8 Å². The van der Waals surface area contributed by atoms with Crippen molar-refractivity contribution in [2.45, 2.75) is 31.0 Å². The van der Waals surface area contributed by atoms with Crippen molar-refractivity contribution in [1.29, 1.82) is 0 Å². The van der Waals surface area contributed by atoms with Gasteiger partial charge in [-0.15, -0.1) is 0 Å². The fraction of sp³-hybridized carbons (Fsp3) is 0.643. The second kappa shape index (κ2) is 12.9. The van der Waals surface area contributed by atoms with Gasteiger partial charge in [-0.25, -0.2) is 4.79 Å². The van der Waals surface area contributed by atoms with Crippen LogP contribution in [0.25, 0.3) is 0 Å². The maximum atomic E-state index is 12.3. The van der Waals surface area contributed by atoms with E-state index in [4.69, 9.17) is 16.6 Å². The third-order valence-corrected chi connectivity index (χ3v) is 3.93. The maximum absolute atomic E-state index is 12.3. The average molecular weight is 407 g/mol. The molecule has 27 heavy (non-hydrogen) atoms. The highest BCUT2D eigenvalue weighted by atomic mass is 32.2. The number of aliphatic hydroxyl groups is 1. The lowest BCUT2D eigenvalue weighted by Gasteiger charge is -2.23. The van der Waals surface area contributed by atoms with Crippen molar-refractivity contribution in [2.75, 3.05) is 25.2 Å². The minimum absolute atomic E-state index is 0.248. The molecule has 13 heteroatoms. The zero-order valence-electron chi connectivity index (χ0n) is 14.8. The van der Waals surface area contributed by atoms with Crippen LogP contribution < -0.4 is 27.4 Å². The van der Waals surface area contributed by atoms with Crippen LogP contribution >= 0.6 is 11.8 Å². The summed E-state index contributed by atoms with van der Waals surface area (Å²) in [6.45, 7) is -1.17. The summed E-state index contributed by atoms with van der Waals surface area (Å²) in [5, 5.41) is 25.0. The number of amides is 4. The lowest BCUT2D eigenvalue weighted by atomic mass is 10.1. The topological polar surface area (TPSA) is 214 Å². The Labute approximate surface area is 159 Å². The Balaban J connectivity index is 5.04. The van der Waals surface area contributed by atoms with Crippen LogP contribution in [0.3, 0.4) is 0 Å². The fourth-order valence-corrected chi connectivity index (χ4v) is 2.37. The number of carboxylic acids is 1. The highest BCUT2D eigenvalue weighted by molar-refractivity contribution is 7.98. The van der Waals surface area contributed by atoms with Crippen molar-refractivity contribution in [3.05, 3.63) is 0 Å². The number of carboxylic acid groups (broad SMARTS) is 1. The first-order valence-electron chi connectivity index (χ1n) is 7.87. The molecule has 0 bridgehead atoms. The third-order valence-electron chi connectivity index (χ3n) is 3.28. The SMILES string of the molecule is CSCCC(NC(=O)CN)C(=O)NC(CO)C(=O)NC(CC(N)=O)C(=O)O. The van der Waals surface area contributed by atoms with Gasteiger partial charge < -0.3 is 37.6 Å². The Bertz CT molecular complexity index is 560. The van der Waals surface area contributed by atoms with Gasteiger partial charge in [-0.05, 0) is 18.4 Å². The van der Waals surface area contributed by atoms with Gasteiger partial charge in [-0.2, -0.15) is 11.8 Å². The van der Waals surface area contributed by atoms with Gasteiger partial charge in [0.15, 0.2) is 0 Å². The molecule has 0 aliphatic rings. The molecule has 9 N–H and O–H groups in total. The molecule has 0 aliphatic carbocycles. The van der Waals surface area contributed by atoms with Crippen molar-refractivity contribution in [2.24, 2.45) is 11.5 Å². The molecule has 0 fully saturated rings. The number of rotatable bonds is 13. The highest BCUT2D eigenvalue weighted by Crippen LogP contribution is 2.02. The van der Waals surface area contributed by atoms with Crippen LogP contribution in [0, 0.1) is 0 Å². The van der Waals surface area contributed by atoms with Crippen LogP contribution in [0.4, 0.5) is 0 Å². The lowest BCUT2D eigenvalue weighted by molar-refractivity contribution is -0.144. The summed E-state index contributed by atoms with van der Waals surface area (Å²) in [5.41, 5.74) is 10.1. The number of nitrogens with one attached hydrogen (secondary N) is 3. The Morgan fingerprint density at radius 2 is 1.56 bits per heavy atom. The van der Waals surface area contributed by atoms with Gasteiger partial charge in [0.1, 0.15) is 18.1 Å². The molecular weight excluding hydrogens is 382 g/mol. The number of carbonyl (C=O) groups is 5. The van der Waals surface area contributed by atoms with Gasteiger partial charge in [-0.3, -0.25) is 19.2 Å². The number of carbonyl (C=O) groups excluding carboxylic acids is 4. The van der Waals surface area contributed by atoms with Crippen molar-refractivity contribution < 1.29 is 34.2 Å². The third kappa shape index (κ3) is 9.77. The molecule has 0 aromatic carbocycles. The van der Waals surface area contributed by atoms with E-state index in [2.05, 4.69) is 10.6 Å². The molecule has 4 amide bonds. The van der Waals surface area contributed by atoms with Crippen LogP contribution in [-0.4, -0.2) is 83.1 Å². The van der Waals surface area contributed by atoms with Gasteiger partial charge in [0.2, 0.25) is 23.6 Å². The molecule has 0 aliphatic heterocycles. The molecule has 12 nitrogen and oxygen atoms in total. The van der Waals surface area contributed by atoms with E-state index in [9.17, 15) is 29.1 Å². The summed E-state index contributed by atoms with van der Waals surface area (Å²) in [7, 11) is 0. The predicted octanol–water partition coefficient (Wildman–Crippen LogP) is -3.90. The molecule has 0 saturated heterocycles. The molecule has 154 valence electrons. The highest BCUT2D eigenvalue weighted by Gasteiger charge is 2.29. The molecule has 0 heterocycles. The zero-order valence-corrected chi connectivity index (χ0v) is 15.6. The molecule has 3 atom stereocenters. The number of aliphatic carboxylic acids is 1. The Morgan fingerprint density at radius 3 is 2.00 bits per heavy atom. The van der Waals surface area contributed by atoms with Gasteiger partial charge in [0, 0.05) is 0 Å². The van der Waals surface area contributed by atoms with Gasteiger partial charge in [0.05, 0.1) is 19.6 Å². The smallest absolute Gasteiger partial charge is 0.326 e. The summed E-state index contributed by atoms with van der Waals surface area (Å²) in [6, 6.07) is -4.08. The molecule has 3 unspecified atom stereocenters. The second-order valence-corrected chi connectivity index (χ2v) is 6.40. The second-order valence-electron chi connectivity index (χ2n) is 5.42. The van der Waals surface area contributed by atoms with Gasteiger partial charge in [0.25, 0.3) is 0 Å². The minimum Gasteiger partial charge on any atom is -0.480 e. The Kier molecular flexibility index (Phi) is 11.8. The van der Waals surface area contributed by atoms with E-state index in [1.54, 1.807) is 6.26 Å². The quantitative estimate of drug-likeness (QED) is 0.159. The molecular formula is C14H25N5O7S. The van der Waals surface area contributed by atoms with Crippen molar-refractivity contribution in [3.8, 4) is 0 Å². The van der Waals surface area contributed by atoms with Crippen molar-refractivity contribution in [3.63, 3.8) is 0 Å². The van der Waals surface area contributed by atoms with E-state index < -0.39 is 60.8 Å². The molecule has 0 aromatic heterocycles. The normalized spacial score (nSPS) is 13.7. The number of nitrogens with two attached hydrogens (primary N) is 2. The lowest BCUT2D eigenvalue weighted by Crippen LogP contribution is -2.57. The summed E-state index contributed by atoms with van der Waals surface area (Å²) in [6.07, 6.45) is 1.39. The Hall–Kier alpha value is -2.38. The summed E-state index contributed by atoms with van der Waals surface area (Å²) in [4.78, 5) is 57.8. The molecule has 0 rings (SSSR count). The van der Waals surface area contributed by atoms with Crippen LogP contribution in [0.2, 0.25) is 0 Å². The minimum atomic E-state index is -1.61. The van der Waals surface area contributed by atoms with Crippen molar-refractivity contribution in [1.82, 2.24) is 16.0 Å². The fourth-order valence-electron chi connectivity index (χ4n) is 1.90. The largest absolute Gasteiger partial charge is 0.480 e. The monoisotopic (exact) mass is 407 g/mol. The molecule has 0 spiro atoms.